The summed E-state index contributed by atoms with van der Waals surface area (Å²) in [7, 11) is 3.38. The first-order chi connectivity index (χ1) is 23.2. The summed E-state index contributed by atoms with van der Waals surface area (Å²) in [6, 6.07) is 10.8. The lowest BCUT2D eigenvalue weighted by Gasteiger charge is -2.38. The Kier molecular flexibility index (Phi) is 10.3. The minimum absolute atomic E-state index is 0.153. The molecule has 6 rings (SSSR count). The topological polar surface area (TPSA) is 126 Å². The van der Waals surface area contributed by atoms with Gasteiger partial charge in [0.25, 0.3) is 5.91 Å². The number of hydrogen-bond donors (Lipinski definition) is 2. The lowest BCUT2D eigenvalue weighted by Crippen LogP contribution is -2.46. The van der Waals surface area contributed by atoms with Gasteiger partial charge in [0.15, 0.2) is 5.82 Å². The summed E-state index contributed by atoms with van der Waals surface area (Å²) in [6.45, 7) is 3.67. The van der Waals surface area contributed by atoms with E-state index in [2.05, 4.69) is 25.1 Å². The van der Waals surface area contributed by atoms with Crippen molar-refractivity contribution in [3.8, 4) is 28.4 Å². The molecule has 4 aromatic rings. The van der Waals surface area contributed by atoms with Crippen molar-refractivity contribution in [3.63, 3.8) is 0 Å². The molecule has 0 unspecified atom stereocenters. The van der Waals surface area contributed by atoms with E-state index in [0.29, 0.717) is 78.2 Å². The van der Waals surface area contributed by atoms with Gasteiger partial charge < -0.3 is 19.7 Å². The van der Waals surface area contributed by atoms with E-state index in [9.17, 15) is 14.0 Å². The standard InChI is InChI=1S/C34H36Cl2FN7O4/c1-42-27-10-14-43(13-4-11-37)19-26(27)39-32(42)33(47)40-25-6-3-5-23(29(25)35)31-30(36)22(9-12-38-31)24-8-7-21(34(41-24)48-2)18-44-16-20(17-44)15-28(45)46/h3,5-9,12,20H,4,10-11,13-19H2,1-2H3,(H,40,47)(H,45,46). The van der Waals surface area contributed by atoms with Gasteiger partial charge >= 0.3 is 5.97 Å². The van der Waals surface area contributed by atoms with Crippen molar-refractivity contribution in [2.75, 3.05) is 45.3 Å². The number of carbonyl (C=O) groups is 2. The van der Waals surface area contributed by atoms with Crippen molar-refractivity contribution in [1.82, 2.24) is 29.3 Å². The molecule has 252 valence electrons. The average molecular weight is 697 g/mol. The molecule has 11 nitrogen and oxygen atoms in total. The first-order valence-electron chi connectivity index (χ1n) is 15.7. The number of alkyl halides is 1. The van der Waals surface area contributed by atoms with Gasteiger partial charge in [0.05, 0.1) is 53.0 Å². The Balaban J connectivity index is 1.20. The minimum atomic E-state index is -0.780. The highest BCUT2D eigenvalue weighted by Crippen LogP contribution is 2.40. The van der Waals surface area contributed by atoms with Gasteiger partial charge in [-0.25, -0.2) is 9.97 Å². The second kappa shape index (κ2) is 14.6. The Morgan fingerprint density at radius 2 is 1.90 bits per heavy atom. The Bertz CT molecular complexity index is 1850. The molecular weight excluding hydrogens is 660 g/mol. The van der Waals surface area contributed by atoms with Crippen LogP contribution in [0.4, 0.5) is 10.1 Å². The predicted octanol–water partition coefficient (Wildman–Crippen LogP) is 5.74. The van der Waals surface area contributed by atoms with E-state index in [-0.39, 0.29) is 29.9 Å². The first kappa shape index (κ1) is 33.8. The molecule has 5 heterocycles. The SMILES string of the molecule is COc1nc(-c2ccnc(-c3cccc(NC(=O)c4nc5c(n4C)CCN(CCCF)C5)c3Cl)c2Cl)ccc1CN1CC(CC(=O)O)C1. The van der Waals surface area contributed by atoms with Crippen LogP contribution in [0.25, 0.3) is 22.5 Å². The molecule has 1 saturated heterocycles. The number of aliphatic carboxylic acids is 1. The molecule has 1 fully saturated rings. The average Bonchev–Trinajstić information content (AvgIpc) is 3.39. The van der Waals surface area contributed by atoms with Crippen LogP contribution in [0, 0.1) is 5.92 Å². The fourth-order valence-corrected chi connectivity index (χ4v) is 6.99. The summed E-state index contributed by atoms with van der Waals surface area (Å²) in [5.74, 6) is -0.308. The zero-order valence-electron chi connectivity index (χ0n) is 26.7. The van der Waals surface area contributed by atoms with Crippen LogP contribution >= 0.6 is 23.2 Å². The monoisotopic (exact) mass is 695 g/mol. The number of carbonyl (C=O) groups excluding carboxylic acids is 1. The highest BCUT2D eigenvalue weighted by Gasteiger charge is 2.30. The van der Waals surface area contributed by atoms with Crippen LogP contribution in [0.15, 0.2) is 42.6 Å². The third-order valence-corrected chi connectivity index (χ3v) is 9.63. The highest BCUT2D eigenvalue weighted by molar-refractivity contribution is 6.39. The molecule has 48 heavy (non-hydrogen) atoms. The minimum Gasteiger partial charge on any atom is -0.481 e. The van der Waals surface area contributed by atoms with Crippen LogP contribution in [0.1, 0.15) is 40.4 Å². The van der Waals surface area contributed by atoms with Crippen molar-refractivity contribution in [1.29, 1.82) is 0 Å². The van der Waals surface area contributed by atoms with Crippen LogP contribution < -0.4 is 10.1 Å². The van der Waals surface area contributed by atoms with Crippen molar-refractivity contribution in [2.24, 2.45) is 13.0 Å². The number of hydrogen-bond acceptors (Lipinski definition) is 8. The molecule has 2 N–H and O–H groups in total. The van der Waals surface area contributed by atoms with Gasteiger partial charge in [0, 0.05) is 81.3 Å². The quantitative estimate of drug-likeness (QED) is 0.191. The van der Waals surface area contributed by atoms with Gasteiger partial charge in [-0.15, -0.1) is 0 Å². The number of nitrogens with zero attached hydrogens (tertiary/aromatic N) is 6. The molecule has 0 saturated carbocycles. The zero-order valence-corrected chi connectivity index (χ0v) is 28.2. The second-order valence-electron chi connectivity index (χ2n) is 12.1. The van der Waals surface area contributed by atoms with Crippen molar-refractivity contribution >= 4 is 40.8 Å². The number of likely N-dealkylation sites (tertiary alicyclic amines) is 1. The molecule has 0 radical (unpaired) electrons. The molecule has 0 spiro atoms. The van der Waals surface area contributed by atoms with Crippen molar-refractivity contribution in [2.45, 2.75) is 32.4 Å². The number of anilines is 1. The van der Waals surface area contributed by atoms with E-state index < -0.39 is 11.9 Å². The number of pyridine rings is 2. The Hall–Kier alpha value is -4.10. The third kappa shape index (κ3) is 7.02. The molecule has 0 bridgehead atoms. The Labute approximate surface area is 287 Å². The fraction of sp³-hybridized carbons (Fsp3) is 0.382. The molecule has 0 atom stereocenters. The number of ether oxygens (including phenoxy) is 1. The summed E-state index contributed by atoms with van der Waals surface area (Å²) < 4.78 is 20.1. The number of imidazole rings is 1. The Morgan fingerprint density at radius 1 is 1.08 bits per heavy atom. The number of rotatable bonds is 12. The van der Waals surface area contributed by atoms with Crippen LogP contribution in [0.3, 0.4) is 0 Å². The largest absolute Gasteiger partial charge is 0.481 e. The molecule has 14 heteroatoms. The molecule has 2 aliphatic heterocycles. The van der Waals surface area contributed by atoms with Crippen LogP contribution in [0.5, 0.6) is 5.88 Å². The molecular formula is C34H36Cl2FN7O4. The highest BCUT2D eigenvalue weighted by atomic mass is 35.5. The van der Waals surface area contributed by atoms with Gasteiger partial charge in [-0.05, 0) is 30.5 Å². The first-order valence-corrected chi connectivity index (χ1v) is 16.5. The lowest BCUT2D eigenvalue weighted by molar-refractivity contribution is -0.139. The number of carboxylic acids is 1. The normalized spacial score (nSPS) is 15.2. The number of aromatic nitrogens is 4. The number of carboxylic acid groups (broad SMARTS) is 1. The number of methoxy groups -OCH3 is 1. The maximum absolute atomic E-state index is 13.4. The van der Waals surface area contributed by atoms with E-state index in [0.717, 1.165) is 29.9 Å². The zero-order chi connectivity index (χ0) is 33.9. The van der Waals surface area contributed by atoms with Crippen molar-refractivity contribution in [3.05, 3.63) is 75.4 Å². The van der Waals surface area contributed by atoms with Gasteiger partial charge in [-0.3, -0.25) is 28.8 Å². The van der Waals surface area contributed by atoms with E-state index >= 15 is 0 Å². The predicted molar refractivity (Wildman–Crippen MR) is 181 cm³/mol. The third-order valence-electron chi connectivity index (χ3n) is 8.84. The van der Waals surface area contributed by atoms with Gasteiger partial charge in [0.2, 0.25) is 5.88 Å². The van der Waals surface area contributed by atoms with Crippen molar-refractivity contribution < 1.29 is 23.8 Å². The number of fused-ring (bicyclic) bond motifs is 1. The van der Waals surface area contributed by atoms with Gasteiger partial charge in [-0.1, -0.05) is 41.4 Å². The number of halogens is 3. The van der Waals surface area contributed by atoms with E-state index in [1.54, 1.807) is 37.6 Å². The lowest BCUT2D eigenvalue weighted by atomic mass is 9.96. The molecule has 1 aromatic carbocycles. The van der Waals surface area contributed by atoms with E-state index in [1.165, 1.54) is 0 Å². The fourth-order valence-electron chi connectivity index (χ4n) is 6.42. The van der Waals surface area contributed by atoms with Crippen LogP contribution in [-0.2, 0) is 31.4 Å². The smallest absolute Gasteiger partial charge is 0.303 e. The van der Waals surface area contributed by atoms with Gasteiger partial charge in [0.1, 0.15) is 0 Å². The summed E-state index contributed by atoms with van der Waals surface area (Å²) >= 11 is 13.8. The number of benzene rings is 1. The van der Waals surface area contributed by atoms with Crippen LogP contribution in [-0.4, -0.2) is 86.3 Å². The summed E-state index contributed by atoms with van der Waals surface area (Å²) in [5, 5.41) is 12.5. The molecule has 3 aromatic heterocycles. The maximum Gasteiger partial charge on any atom is 0.303 e. The summed E-state index contributed by atoms with van der Waals surface area (Å²) in [4.78, 5) is 42.6. The number of amides is 1. The number of nitrogens with one attached hydrogen (secondary N) is 1. The Morgan fingerprint density at radius 3 is 2.65 bits per heavy atom. The van der Waals surface area contributed by atoms with Crippen LogP contribution in [0.2, 0.25) is 10.0 Å². The van der Waals surface area contributed by atoms with E-state index in [1.807, 2.05) is 23.7 Å². The summed E-state index contributed by atoms with van der Waals surface area (Å²) in [6.07, 6.45) is 2.99. The summed E-state index contributed by atoms with van der Waals surface area (Å²) in [5.41, 5.74) is 5.24. The second-order valence-corrected chi connectivity index (χ2v) is 12.9. The molecule has 1 amide bonds. The molecule has 0 aliphatic carbocycles. The van der Waals surface area contributed by atoms with Gasteiger partial charge in [-0.2, -0.15) is 0 Å². The molecule has 2 aliphatic rings. The van der Waals surface area contributed by atoms with E-state index in [4.69, 9.17) is 38.0 Å². The maximum atomic E-state index is 13.4.